The molecule has 1 fully saturated rings. The van der Waals surface area contributed by atoms with Gasteiger partial charge in [-0.3, -0.25) is 4.94 Å². The van der Waals surface area contributed by atoms with E-state index in [4.69, 9.17) is 11.5 Å². The average molecular weight is 293 g/mol. The lowest BCUT2D eigenvalue weighted by Gasteiger charge is -2.34. The first-order valence-corrected chi connectivity index (χ1v) is 6.94. The van der Waals surface area contributed by atoms with Crippen molar-refractivity contribution < 1.29 is 9.47 Å². The van der Waals surface area contributed by atoms with Crippen molar-refractivity contribution in [2.45, 2.75) is 32.2 Å². The lowest BCUT2D eigenvalue weighted by molar-refractivity contribution is -0.00614. The Morgan fingerprint density at radius 1 is 1.38 bits per heavy atom. The molecule has 0 aliphatic carbocycles. The van der Waals surface area contributed by atoms with Crippen LogP contribution in [0.1, 0.15) is 26.2 Å². The number of nitrogens with zero attached hydrogens (tertiary/aromatic N) is 3. The third kappa shape index (κ3) is 4.08. The minimum atomic E-state index is 0.0290. The highest BCUT2D eigenvalue weighted by atomic mass is 19.3. The molecule has 0 aromatic heterocycles. The Balaban J connectivity index is 2.12. The van der Waals surface area contributed by atoms with Crippen molar-refractivity contribution in [2.24, 2.45) is 21.5 Å². The van der Waals surface area contributed by atoms with Gasteiger partial charge in [0.05, 0.1) is 5.69 Å². The molecule has 1 saturated heterocycles. The minimum absolute atomic E-state index is 0.0290. The highest BCUT2D eigenvalue weighted by molar-refractivity contribution is 5.94. The number of likely N-dealkylation sites (tertiary alicyclic amines) is 1. The molecule has 4 N–H and O–H groups in total. The van der Waals surface area contributed by atoms with Crippen LogP contribution >= 0.6 is 0 Å². The van der Waals surface area contributed by atoms with Gasteiger partial charge in [0.15, 0.2) is 11.7 Å². The van der Waals surface area contributed by atoms with E-state index in [1.807, 2.05) is 4.90 Å². The summed E-state index contributed by atoms with van der Waals surface area (Å²) >= 11 is 0. The zero-order valence-electron chi connectivity index (χ0n) is 12.0. The highest BCUT2D eigenvalue weighted by Crippen LogP contribution is 2.20. The summed E-state index contributed by atoms with van der Waals surface area (Å²) in [7, 11) is 0. The van der Waals surface area contributed by atoms with Crippen LogP contribution in [0.3, 0.4) is 0 Å². The number of hydrogen-bond donors (Lipinski definition) is 2. The summed E-state index contributed by atoms with van der Waals surface area (Å²) in [6.07, 6.45) is 3.38. The number of guanidine groups is 2. The molecular formula is C14H20FN5O. The SMILES string of the molecule is CC1CCCCN1C(N)=NC(N)=Nc1cccc(OF)c1. The van der Waals surface area contributed by atoms with Crippen molar-refractivity contribution in [3.63, 3.8) is 0 Å². The number of nitrogens with two attached hydrogens (primary N) is 2. The molecule has 1 heterocycles. The summed E-state index contributed by atoms with van der Waals surface area (Å²) in [6.45, 7) is 2.98. The lowest BCUT2D eigenvalue weighted by Crippen LogP contribution is -2.46. The lowest BCUT2D eigenvalue weighted by atomic mass is 10.0. The van der Waals surface area contributed by atoms with Gasteiger partial charge in [0.2, 0.25) is 5.96 Å². The molecule has 1 atom stereocenters. The molecule has 6 nitrogen and oxygen atoms in total. The largest absolute Gasteiger partial charge is 0.369 e. The van der Waals surface area contributed by atoms with Crippen molar-refractivity contribution in [3.05, 3.63) is 24.3 Å². The first-order chi connectivity index (χ1) is 10.1. The Kier molecular flexibility index (Phi) is 4.97. The topological polar surface area (TPSA) is 89.2 Å². The predicted octanol–water partition coefficient (Wildman–Crippen LogP) is 2.09. The molecule has 0 spiro atoms. The van der Waals surface area contributed by atoms with Crippen LogP contribution in [0.25, 0.3) is 0 Å². The fourth-order valence-electron chi connectivity index (χ4n) is 2.38. The number of benzene rings is 1. The van der Waals surface area contributed by atoms with Crippen molar-refractivity contribution in [2.75, 3.05) is 6.54 Å². The van der Waals surface area contributed by atoms with E-state index in [1.54, 1.807) is 12.1 Å². The molecule has 7 heteroatoms. The van der Waals surface area contributed by atoms with Crippen molar-refractivity contribution in [1.82, 2.24) is 4.90 Å². The van der Waals surface area contributed by atoms with Gasteiger partial charge in [-0.1, -0.05) is 6.07 Å². The first kappa shape index (κ1) is 15.1. The molecule has 1 aromatic carbocycles. The van der Waals surface area contributed by atoms with Crippen LogP contribution in [-0.4, -0.2) is 29.4 Å². The maximum Gasteiger partial charge on any atom is 0.223 e. The van der Waals surface area contributed by atoms with E-state index in [2.05, 4.69) is 21.9 Å². The number of aliphatic imine (C=N–C) groups is 2. The Hall–Kier alpha value is -2.31. The second-order valence-electron chi connectivity index (χ2n) is 5.05. The Bertz CT molecular complexity index is 546. The van der Waals surface area contributed by atoms with Gasteiger partial charge in [-0.25, -0.2) is 4.99 Å². The van der Waals surface area contributed by atoms with Gasteiger partial charge in [0, 0.05) is 23.2 Å². The maximum absolute atomic E-state index is 12.1. The summed E-state index contributed by atoms with van der Waals surface area (Å²) in [4.78, 5) is 13.9. The Morgan fingerprint density at radius 3 is 2.90 bits per heavy atom. The summed E-state index contributed by atoms with van der Waals surface area (Å²) in [5, 5.41) is 0. The van der Waals surface area contributed by atoms with Gasteiger partial charge in [-0.05, 0) is 38.3 Å². The number of hydrogen-bond acceptors (Lipinski definition) is 2. The Morgan fingerprint density at radius 2 is 2.19 bits per heavy atom. The van der Waals surface area contributed by atoms with E-state index >= 15 is 0 Å². The fourth-order valence-corrected chi connectivity index (χ4v) is 2.38. The Labute approximate surface area is 123 Å². The van der Waals surface area contributed by atoms with Crippen LogP contribution in [-0.2, 0) is 0 Å². The zero-order valence-corrected chi connectivity index (χ0v) is 12.0. The molecule has 0 bridgehead atoms. The van der Waals surface area contributed by atoms with Gasteiger partial charge in [0.25, 0.3) is 0 Å². The van der Waals surface area contributed by atoms with E-state index in [9.17, 15) is 4.53 Å². The maximum atomic E-state index is 12.1. The monoisotopic (exact) mass is 293 g/mol. The van der Waals surface area contributed by atoms with Gasteiger partial charge < -0.3 is 16.4 Å². The second-order valence-corrected chi connectivity index (χ2v) is 5.05. The summed E-state index contributed by atoms with van der Waals surface area (Å²) in [6, 6.07) is 6.52. The van der Waals surface area contributed by atoms with E-state index in [1.165, 1.54) is 18.6 Å². The summed E-state index contributed by atoms with van der Waals surface area (Å²) in [5.41, 5.74) is 12.2. The number of rotatable bonds is 2. The average Bonchev–Trinajstić information content (AvgIpc) is 2.47. The van der Waals surface area contributed by atoms with E-state index < -0.39 is 0 Å². The van der Waals surface area contributed by atoms with Crippen LogP contribution in [0.4, 0.5) is 10.2 Å². The van der Waals surface area contributed by atoms with Crippen LogP contribution < -0.4 is 16.4 Å². The van der Waals surface area contributed by atoms with Gasteiger partial charge in [-0.15, -0.1) is 0 Å². The molecule has 0 amide bonds. The summed E-state index contributed by atoms with van der Waals surface area (Å²) in [5.74, 6) is 0.452. The van der Waals surface area contributed by atoms with E-state index in [0.29, 0.717) is 17.7 Å². The van der Waals surface area contributed by atoms with Crippen LogP contribution in [0.5, 0.6) is 5.75 Å². The zero-order chi connectivity index (χ0) is 15.2. The minimum Gasteiger partial charge on any atom is -0.369 e. The smallest absolute Gasteiger partial charge is 0.223 e. The molecular weight excluding hydrogens is 273 g/mol. The van der Waals surface area contributed by atoms with Crippen molar-refractivity contribution in [1.29, 1.82) is 0 Å². The molecule has 114 valence electrons. The molecule has 21 heavy (non-hydrogen) atoms. The predicted molar refractivity (Wildman–Crippen MR) is 81.1 cm³/mol. The van der Waals surface area contributed by atoms with Gasteiger partial charge in [-0.2, -0.15) is 4.99 Å². The van der Waals surface area contributed by atoms with E-state index in [-0.39, 0.29) is 11.7 Å². The second kappa shape index (κ2) is 6.92. The van der Waals surface area contributed by atoms with Crippen molar-refractivity contribution in [3.8, 4) is 5.75 Å². The van der Waals surface area contributed by atoms with Crippen LogP contribution in [0.15, 0.2) is 34.3 Å². The molecule has 1 aliphatic heterocycles. The third-order valence-corrected chi connectivity index (χ3v) is 3.48. The molecule has 1 aliphatic rings. The van der Waals surface area contributed by atoms with Crippen LogP contribution in [0, 0.1) is 0 Å². The van der Waals surface area contributed by atoms with Gasteiger partial charge >= 0.3 is 0 Å². The number of piperidine rings is 1. The standard InChI is InChI=1S/C14H20FN5O/c1-10-5-2-3-8-20(10)14(17)19-13(16)18-11-6-4-7-12(9-11)21-15/h4,6-7,9-10H,2-3,5,8H2,1H3,(H4,16,17,18,19). The molecule has 2 rings (SSSR count). The normalized spacial score (nSPS) is 20.5. The molecule has 0 saturated carbocycles. The fraction of sp³-hybridized carbons (Fsp3) is 0.429. The molecule has 1 aromatic rings. The first-order valence-electron chi connectivity index (χ1n) is 6.94. The molecule has 0 radical (unpaired) electrons. The molecule has 1 unspecified atom stereocenters. The van der Waals surface area contributed by atoms with E-state index in [0.717, 1.165) is 19.4 Å². The number of halogens is 1. The summed E-state index contributed by atoms with van der Waals surface area (Å²) < 4.78 is 12.1. The van der Waals surface area contributed by atoms with Crippen molar-refractivity contribution >= 4 is 17.6 Å². The highest BCUT2D eigenvalue weighted by Gasteiger charge is 2.19. The quantitative estimate of drug-likeness (QED) is 0.645. The third-order valence-electron chi connectivity index (χ3n) is 3.48. The van der Waals surface area contributed by atoms with Crippen LogP contribution in [0.2, 0.25) is 0 Å². The van der Waals surface area contributed by atoms with Gasteiger partial charge in [0.1, 0.15) is 0 Å².